The largest absolute Gasteiger partial charge is 0.473 e. The fourth-order valence-corrected chi connectivity index (χ4v) is 1.39. The highest BCUT2D eigenvalue weighted by Crippen LogP contribution is 2.31. The van der Waals surface area contributed by atoms with Gasteiger partial charge in [0, 0.05) is 13.0 Å². The van der Waals surface area contributed by atoms with Crippen LogP contribution in [0.2, 0.25) is 0 Å². The smallest absolute Gasteiger partial charge is 0.372 e. The molecule has 1 heterocycles. The highest BCUT2D eigenvalue weighted by molar-refractivity contribution is 5.61. The lowest BCUT2D eigenvalue weighted by Crippen LogP contribution is -2.10. The molecule has 0 aliphatic rings. The zero-order chi connectivity index (χ0) is 13.5. The maximum Gasteiger partial charge on any atom is 0.372 e. The average molecular weight is 254 g/mol. The first-order chi connectivity index (χ1) is 8.63. The Labute approximate surface area is 106 Å². The van der Waals surface area contributed by atoms with Gasteiger partial charge >= 0.3 is 5.69 Å². The van der Waals surface area contributed by atoms with Crippen LogP contribution in [0.5, 0.6) is 5.88 Å². The van der Waals surface area contributed by atoms with E-state index in [2.05, 4.69) is 15.3 Å². The number of aryl methyl sites for hydroxylation is 1. The molecule has 0 saturated heterocycles. The lowest BCUT2D eigenvalue weighted by atomic mass is 10.4. The van der Waals surface area contributed by atoms with E-state index >= 15 is 0 Å². The number of anilines is 1. The van der Waals surface area contributed by atoms with Gasteiger partial charge in [-0.25, -0.2) is 4.98 Å². The third kappa shape index (κ3) is 3.28. The monoisotopic (exact) mass is 254 g/mol. The molecule has 100 valence electrons. The summed E-state index contributed by atoms with van der Waals surface area (Å²) in [5.74, 6) is 0.799. The van der Waals surface area contributed by atoms with Gasteiger partial charge in [-0.1, -0.05) is 13.8 Å². The van der Waals surface area contributed by atoms with Crippen LogP contribution in [-0.2, 0) is 6.42 Å². The van der Waals surface area contributed by atoms with Crippen molar-refractivity contribution in [2.24, 2.45) is 0 Å². The Morgan fingerprint density at radius 3 is 2.56 bits per heavy atom. The fraction of sp³-hybridized carbons (Fsp3) is 0.636. The predicted molar refractivity (Wildman–Crippen MR) is 68.0 cm³/mol. The minimum absolute atomic E-state index is 0.0460. The van der Waals surface area contributed by atoms with Crippen LogP contribution in [0.4, 0.5) is 11.5 Å². The molecule has 7 heteroatoms. The molecule has 0 atom stereocenters. The van der Waals surface area contributed by atoms with Crippen LogP contribution >= 0.6 is 0 Å². The van der Waals surface area contributed by atoms with Crippen LogP contribution in [0.15, 0.2) is 0 Å². The normalized spacial score (nSPS) is 10.2. The number of hydrogen-bond acceptors (Lipinski definition) is 6. The van der Waals surface area contributed by atoms with Crippen molar-refractivity contribution in [3.8, 4) is 5.88 Å². The fourth-order valence-electron chi connectivity index (χ4n) is 1.39. The van der Waals surface area contributed by atoms with Crippen molar-refractivity contribution in [2.75, 3.05) is 18.5 Å². The molecular formula is C11H18N4O3. The zero-order valence-corrected chi connectivity index (χ0v) is 10.9. The summed E-state index contributed by atoms with van der Waals surface area (Å²) in [7, 11) is 0. The first-order valence-corrected chi connectivity index (χ1v) is 6.05. The lowest BCUT2D eigenvalue weighted by molar-refractivity contribution is -0.385. The van der Waals surface area contributed by atoms with E-state index in [0.29, 0.717) is 25.4 Å². The van der Waals surface area contributed by atoms with Gasteiger partial charge in [0.2, 0.25) is 5.82 Å². The van der Waals surface area contributed by atoms with Crippen LogP contribution in [0.1, 0.15) is 33.0 Å². The summed E-state index contributed by atoms with van der Waals surface area (Å²) < 4.78 is 5.34. The molecule has 0 fully saturated rings. The summed E-state index contributed by atoms with van der Waals surface area (Å²) in [6, 6.07) is 0. The molecule has 0 amide bonds. The summed E-state index contributed by atoms with van der Waals surface area (Å²) >= 11 is 0. The summed E-state index contributed by atoms with van der Waals surface area (Å²) in [5, 5.41) is 14.0. The SMILES string of the molecule is CCCOc1nc(CC)nc(NCC)c1[N+](=O)[O-]. The van der Waals surface area contributed by atoms with Crippen LogP contribution in [0.3, 0.4) is 0 Å². The van der Waals surface area contributed by atoms with Crippen molar-refractivity contribution < 1.29 is 9.66 Å². The third-order valence-corrected chi connectivity index (χ3v) is 2.18. The second-order valence-corrected chi connectivity index (χ2v) is 3.63. The van der Waals surface area contributed by atoms with Crippen molar-refractivity contribution in [1.29, 1.82) is 0 Å². The number of rotatable bonds is 7. The number of nitrogens with zero attached hydrogens (tertiary/aromatic N) is 3. The van der Waals surface area contributed by atoms with Gasteiger partial charge in [-0.15, -0.1) is 0 Å². The molecule has 1 aromatic rings. The molecule has 0 saturated carbocycles. The number of hydrogen-bond donors (Lipinski definition) is 1. The second kappa shape index (κ2) is 6.73. The van der Waals surface area contributed by atoms with Crippen LogP contribution < -0.4 is 10.1 Å². The highest BCUT2D eigenvalue weighted by atomic mass is 16.6. The van der Waals surface area contributed by atoms with Gasteiger partial charge in [-0.3, -0.25) is 10.1 Å². The number of ether oxygens (including phenoxy) is 1. The minimum Gasteiger partial charge on any atom is -0.473 e. The van der Waals surface area contributed by atoms with Gasteiger partial charge in [-0.05, 0) is 13.3 Å². The second-order valence-electron chi connectivity index (χ2n) is 3.63. The summed E-state index contributed by atoms with van der Waals surface area (Å²) in [6.07, 6.45) is 1.36. The Balaban J connectivity index is 3.25. The molecule has 1 aromatic heterocycles. The van der Waals surface area contributed by atoms with E-state index in [1.54, 1.807) is 0 Å². The van der Waals surface area contributed by atoms with E-state index in [4.69, 9.17) is 4.74 Å². The lowest BCUT2D eigenvalue weighted by Gasteiger charge is -2.10. The topological polar surface area (TPSA) is 90.2 Å². The molecule has 0 bridgehead atoms. The van der Waals surface area contributed by atoms with Crippen LogP contribution in [-0.4, -0.2) is 28.0 Å². The van der Waals surface area contributed by atoms with Crippen molar-refractivity contribution in [2.45, 2.75) is 33.6 Å². The minimum atomic E-state index is -0.511. The van der Waals surface area contributed by atoms with Gasteiger partial charge in [0.1, 0.15) is 5.82 Å². The van der Waals surface area contributed by atoms with E-state index in [1.807, 2.05) is 20.8 Å². The van der Waals surface area contributed by atoms with Crippen LogP contribution in [0.25, 0.3) is 0 Å². The molecule has 0 spiro atoms. The predicted octanol–water partition coefficient (Wildman–Crippen LogP) is 2.17. The first kappa shape index (κ1) is 14.1. The first-order valence-electron chi connectivity index (χ1n) is 6.05. The Bertz CT molecular complexity index is 423. The molecule has 18 heavy (non-hydrogen) atoms. The van der Waals surface area contributed by atoms with Gasteiger partial charge in [0.05, 0.1) is 11.5 Å². The average Bonchev–Trinajstić information content (AvgIpc) is 2.35. The molecule has 0 unspecified atom stereocenters. The van der Waals surface area contributed by atoms with Gasteiger partial charge in [0.15, 0.2) is 0 Å². The maximum absolute atomic E-state index is 11.1. The summed E-state index contributed by atoms with van der Waals surface area (Å²) in [6.45, 7) is 6.62. The van der Waals surface area contributed by atoms with E-state index in [0.717, 1.165) is 6.42 Å². The summed E-state index contributed by atoms with van der Waals surface area (Å²) in [4.78, 5) is 18.8. The molecule has 7 nitrogen and oxygen atoms in total. The maximum atomic E-state index is 11.1. The van der Waals surface area contributed by atoms with E-state index in [9.17, 15) is 10.1 Å². The molecule has 1 rings (SSSR count). The zero-order valence-electron chi connectivity index (χ0n) is 10.9. The Morgan fingerprint density at radius 2 is 2.06 bits per heavy atom. The molecule has 0 aromatic carbocycles. The van der Waals surface area contributed by atoms with Gasteiger partial charge in [0.25, 0.3) is 5.88 Å². The van der Waals surface area contributed by atoms with Crippen molar-refractivity contribution >= 4 is 11.5 Å². The van der Waals surface area contributed by atoms with Crippen LogP contribution in [0, 0.1) is 10.1 Å². The Hall–Kier alpha value is -1.92. The summed E-state index contributed by atoms with van der Waals surface area (Å²) in [5.41, 5.74) is -0.192. The Kier molecular flexibility index (Phi) is 5.29. The molecule has 0 aliphatic heterocycles. The van der Waals surface area contributed by atoms with E-state index in [-0.39, 0.29) is 17.4 Å². The van der Waals surface area contributed by atoms with Gasteiger partial charge < -0.3 is 10.1 Å². The van der Waals surface area contributed by atoms with Gasteiger partial charge in [-0.2, -0.15) is 4.98 Å². The van der Waals surface area contributed by atoms with Crippen molar-refractivity contribution in [3.63, 3.8) is 0 Å². The molecule has 0 radical (unpaired) electrons. The molecular weight excluding hydrogens is 236 g/mol. The van der Waals surface area contributed by atoms with Crippen molar-refractivity contribution in [1.82, 2.24) is 9.97 Å². The van der Waals surface area contributed by atoms with E-state index < -0.39 is 4.92 Å². The number of aromatic nitrogens is 2. The quantitative estimate of drug-likeness (QED) is 0.592. The highest BCUT2D eigenvalue weighted by Gasteiger charge is 2.25. The molecule has 0 aliphatic carbocycles. The van der Waals surface area contributed by atoms with E-state index in [1.165, 1.54) is 0 Å². The number of nitro groups is 1. The Morgan fingerprint density at radius 1 is 1.33 bits per heavy atom. The number of nitrogens with one attached hydrogen (secondary N) is 1. The van der Waals surface area contributed by atoms with Crippen molar-refractivity contribution in [3.05, 3.63) is 15.9 Å². The standard InChI is InChI=1S/C11H18N4O3/c1-4-7-18-11-9(15(16)17)10(12-6-3)13-8(5-2)14-11/h4-7H2,1-3H3,(H,12,13,14). The molecule has 1 N–H and O–H groups in total. The third-order valence-electron chi connectivity index (χ3n) is 2.18.